The maximum absolute atomic E-state index is 14.3. The van der Waals surface area contributed by atoms with Crippen molar-refractivity contribution in [2.75, 3.05) is 0 Å². The maximum Gasteiger partial charge on any atom is 0.402 e. The molecule has 2 fully saturated rings. The van der Waals surface area contributed by atoms with Crippen molar-refractivity contribution in [3.63, 3.8) is 0 Å². The lowest BCUT2D eigenvalue weighted by Gasteiger charge is -2.29. The molecule has 0 bridgehead atoms. The Morgan fingerprint density at radius 1 is 0.514 bits per heavy atom. The third-order valence-corrected chi connectivity index (χ3v) is 4.77. The van der Waals surface area contributed by atoms with Gasteiger partial charge in [0.2, 0.25) is 0 Å². The lowest BCUT2D eigenvalue weighted by Crippen LogP contribution is -2.59. The molecule has 0 spiro atoms. The zero-order chi connectivity index (χ0) is 28.2. The van der Waals surface area contributed by atoms with Crippen molar-refractivity contribution in [3.8, 4) is 0 Å². The van der Waals surface area contributed by atoms with Gasteiger partial charge in [0.1, 0.15) is 0 Å². The third kappa shape index (κ3) is 2.75. The van der Waals surface area contributed by atoms with E-state index in [-0.39, 0.29) is 0 Å². The van der Waals surface area contributed by atoms with E-state index in [2.05, 4.69) is 17.9 Å². The largest absolute Gasteiger partial charge is 0.451 e. The van der Waals surface area contributed by atoms with Crippen molar-refractivity contribution in [3.05, 3.63) is 24.7 Å². The third-order valence-electron chi connectivity index (χ3n) is 4.77. The number of carbonyl (C=O) groups is 2. The van der Waals surface area contributed by atoms with Crippen molar-refractivity contribution in [1.29, 1.82) is 0 Å². The minimum absolute atomic E-state index is 2.07. The lowest BCUT2D eigenvalue weighted by molar-refractivity contribution is -0.323. The summed E-state index contributed by atoms with van der Waals surface area (Å²) in [5.41, 5.74) is 0. The van der Waals surface area contributed by atoms with Crippen LogP contribution in [-0.4, -0.2) is 69.2 Å². The average Bonchev–Trinajstić information content (AvgIpc) is 2.84. The number of rotatable bonds is 6. The number of Topliss-reactive ketones (excluding diaryl/α,β-unsaturated/α-hetero) is 2. The molecule has 2 aliphatic heterocycles. The van der Waals surface area contributed by atoms with E-state index in [1.165, 1.54) is 0 Å². The molecule has 0 amide bonds. The van der Waals surface area contributed by atoms with E-state index in [4.69, 9.17) is 0 Å². The van der Waals surface area contributed by atoms with Crippen molar-refractivity contribution < 1.29 is 84.8 Å². The van der Waals surface area contributed by atoms with Crippen LogP contribution >= 0.6 is 0 Å². The molecule has 35 heavy (non-hydrogen) atoms. The molecule has 2 aliphatic rings. The summed E-state index contributed by atoms with van der Waals surface area (Å²) in [7, 11) is 0. The predicted molar refractivity (Wildman–Crippen MR) is 72.6 cm³/mol. The summed E-state index contributed by atoms with van der Waals surface area (Å²) in [6.07, 6.45) is 0. The summed E-state index contributed by atoms with van der Waals surface area (Å²) >= 11 is 0. The topological polar surface area (TPSA) is 49.9 Å². The molecule has 0 N–H and O–H groups in total. The first-order valence-corrected chi connectivity index (χ1v) is 7.90. The quantitative estimate of drug-likeness (QED) is 0.158. The molecule has 2 heterocycles. The van der Waals surface area contributed by atoms with Crippen LogP contribution in [0.1, 0.15) is 0 Å². The van der Waals surface area contributed by atoms with Gasteiger partial charge in [0.15, 0.2) is 11.5 Å². The van der Waals surface area contributed by atoms with Gasteiger partial charge in [-0.1, -0.05) is 13.2 Å². The van der Waals surface area contributed by atoms with Crippen LogP contribution in [0, 0.1) is 0 Å². The molecule has 2 saturated heterocycles. The Morgan fingerprint density at radius 2 is 0.743 bits per heavy atom. The highest BCUT2D eigenvalue weighted by molar-refractivity contribution is 6.04. The first kappa shape index (κ1) is 28.7. The van der Waals surface area contributed by atoms with E-state index in [1.54, 1.807) is 0 Å². The van der Waals surface area contributed by atoms with Gasteiger partial charge < -0.3 is 4.74 Å². The monoisotopic (exact) mass is 552 g/mol. The molecular weight excluding hydrogens is 548 g/mol. The van der Waals surface area contributed by atoms with Crippen LogP contribution in [0.25, 0.3) is 0 Å². The van der Waals surface area contributed by atoms with E-state index < -0.39 is 80.7 Å². The Morgan fingerprint density at radius 3 is 0.914 bits per heavy atom. The summed E-state index contributed by atoms with van der Waals surface area (Å²) in [6.45, 7) is 4.14. The number of alkyl halides is 14. The van der Waals surface area contributed by atoms with Gasteiger partial charge in [-0.25, -0.2) is 8.78 Å². The molecule has 2 rings (SSSR count). The van der Waals surface area contributed by atoms with Crippen molar-refractivity contribution >= 4 is 11.6 Å². The standard InChI is InChI=1S/C14H4F16N2O3/c1-3(5(33)7(15)9(17,18)11(21,22)13(25,26)31(7)29)35-4(2)6(34)8(16)10(19,20)12(23,24)14(27,28)32(8)30/h1-2H2/t7-,8-/m1/s1. The Balaban J connectivity index is 2.43. The lowest BCUT2D eigenvalue weighted by atomic mass is 9.99. The van der Waals surface area contributed by atoms with Gasteiger partial charge in [0.25, 0.3) is 11.6 Å². The summed E-state index contributed by atoms with van der Waals surface area (Å²) < 4.78 is 218. The maximum atomic E-state index is 14.3. The number of carbonyl (C=O) groups excluding carboxylic acids is 2. The van der Waals surface area contributed by atoms with Crippen LogP contribution in [0.2, 0.25) is 0 Å². The minimum Gasteiger partial charge on any atom is -0.451 e. The Kier molecular flexibility index (Phi) is 5.74. The molecular formula is C14H4F16N2O3. The normalized spacial score (nSPS) is 34.4. The Bertz CT molecular complexity index is 933. The number of hydrogen-bond acceptors (Lipinski definition) is 5. The smallest absolute Gasteiger partial charge is 0.402 e. The van der Waals surface area contributed by atoms with E-state index in [1.807, 2.05) is 0 Å². The van der Waals surface area contributed by atoms with Crippen LogP contribution in [-0.2, 0) is 14.3 Å². The van der Waals surface area contributed by atoms with Gasteiger partial charge in [-0.3, -0.25) is 9.59 Å². The molecule has 0 aromatic heterocycles. The molecule has 21 heteroatoms. The molecule has 0 radical (unpaired) electrons. The van der Waals surface area contributed by atoms with Gasteiger partial charge in [-0.2, -0.15) is 52.7 Å². The van der Waals surface area contributed by atoms with Crippen LogP contribution in [0.15, 0.2) is 24.7 Å². The summed E-state index contributed by atoms with van der Waals surface area (Å²) in [6, 6.07) is -13.5. The predicted octanol–water partition coefficient (Wildman–Crippen LogP) is 4.63. The Labute approximate surface area is 180 Å². The highest BCUT2D eigenvalue weighted by Crippen LogP contribution is 2.64. The molecule has 0 saturated carbocycles. The molecule has 2 atom stereocenters. The van der Waals surface area contributed by atoms with Crippen molar-refractivity contribution in [1.82, 2.24) is 10.2 Å². The first-order valence-electron chi connectivity index (χ1n) is 7.90. The molecule has 0 aromatic rings. The second-order valence-corrected chi connectivity index (χ2v) is 6.79. The van der Waals surface area contributed by atoms with Gasteiger partial charge in [0, 0.05) is 0 Å². The zero-order valence-electron chi connectivity index (χ0n) is 15.6. The summed E-state index contributed by atoms with van der Waals surface area (Å²) in [5, 5.41) is -6.62. The van der Waals surface area contributed by atoms with Crippen molar-refractivity contribution in [2.24, 2.45) is 0 Å². The van der Waals surface area contributed by atoms with E-state index in [9.17, 15) is 80.0 Å². The van der Waals surface area contributed by atoms with Gasteiger partial charge in [0.05, 0.1) is 0 Å². The first-order chi connectivity index (χ1) is 15.2. The fourth-order valence-electron chi connectivity index (χ4n) is 2.75. The highest BCUT2D eigenvalue weighted by atomic mass is 19.4. The molecule has 0 unspecified atom stereocenters. The molecule has 0 aliphatic carbocycles. The van der Waals surface area contributed by atoms with Crippen LogP contribution in [0.3, 0.4) is 0 Å². The highest BCUT2D eigenvalue weighted by Gasteiger charge is 2.96. The van der Waals surface area contributed by atoms with Gasteiger partial charge in [-0.15, -0.1) is 8.96 Å². The average molecular weight is 552 g/mol. The van der Waals surface area contributed by atoms with Gasteiger partial charge >= 0.3 is 47.4 Å². The number of nitrogens with zero attached hydrogens (tertiary/aromatic N) is 2. The van der Waals surface area contributed by atoms with E-state index in [0.717, 1.165) is 0 Å². The number of hydrogen-bond donors (Lipinski definition) is 0. The molecule has 200 valence electrons. The van der Waals surface area contributed by atoms with Gasteiger partial charge in [-0.05, 0) is 10.2 Å². The number of ketones is 2. The SMILES string of the molecule is C=C(OC(=C)C(=O)[C@@]1(F)N(F)C(F)(F)C(F)(F)C1(F)F)C(=O)[C@@]1(F)N(F)C(F)(F)C(F)(F)C1(F)F. The fourth-order valence-corrected chi connectivity index (χ4v) is 2.75. The van der Waals surface area contributed by atoms with Crippen LogP contribution < -0.4 is 0 Å². The molecule has 5 nitrogen and oxygen atoms in total. The summed E-state index contributed by atoms with van der Waals surface area (Å²) in [5.74, 6) is -53.6. The second-order valence-electron chi connectivity index (χ2n) is 6.79. The summed E-state index contributed by atoms with van der Waals surface area (Å²) in [4.78, 5) is 23.4. The minimum atomic E-state index is -6.98. The van der Waals surface area contributed by atoms with Crippen LogP contribution in [0.5, 0.6) is 0 Å². The number of halogens is 16. The fraction of sp³-hybridized carbons (Fsp3) is 0.571. The van der Waals surface area contributed by atoms with Crippen molar-refractivity contribution in [2.45, 2.75) is 47.4 Å². The van der Waals surface area contributed by atoms with E-state index >= 15 is 0 Å². The Hall–Kier alpha value is -2.58. The number of ether oxygens (including phenoxy) is 1. The van der Waals surface area contributed by atoms with Crippen LogP contribution in [0.4, 0.5) is 70.4 Å². The zero-order valence-corrected chi connectivity index (χ0v) is 15.6. The van der Waals surface area contributed by atoms with E-state index in [0.29, 0.717) is 0 Å². The molecule has 0 aromatic carbocycles. The second kappa shape index (κ2) is 7.01.